The van der Waals surface area contributed by atoms with Crippen molar-refractivity contribution in [2.24, 2.45) is 0 Å². The van der Waals surface area contributed by atoms with Crippen LogP contribution in [0.3, 0.4) is 0 Å². The zero-order valence-corrected chi connectivity index (χ0v) is 6.16. The van der Waals surface area contributed by atoms with E-state index in [2.05, 4.69) is 9.97 Å². The van der Waals surface area contributed by atoms with Gasteiger partial charge in [-0.2, -0.15) is 0 Å². The van der Waals surface area contributed by atoms with E-state index in [9.17, 15) is 4.79 Å². The second-order valence-corrected chi connectivity index (χ2v) is 2.46. The number of nitrogens with one attached hydrogen (secondary N) is 2. The zero-order chi connectivity index (χ0) is 8.55. The Bertz CT molecular complexity index is 433. The average Bonchev–Trinajstić information content (AvgIpc) is 2.49. The fourth-order valence-electron chi connectivity index (χ4n) is 1.07. The number of carbonyl (C=O) groups is 1. The molecule has 0 bridgehead atoms. The molecule has 1 aromatic heterocycles. The first kappa shape index (κ1) is 6.84. The van der Waals surface area contributed by atoms with Crippen molar-refractivity contribution in [3.05, 3.63) is 30.1 Å². The Kier molecular flexibility index (Phi) is 1.33. The van der Waals surface area contributed by atoms with Crippen LogP contribution in [0.15, 0.2) is 24.5 Å². The maximum Gasteiger partial charge on any atom is 0.269 e. The molecule has 0 spiro atoms. The minimum Gasteiger partial charge on any atom is -0.345 e. The summed E-state index contributed by atoms with van der Waals surface area (Å²) in [5.74, 6) is -0.681. The number of nitrogens with zero attached hydrogens (tertiary/aromatic N) is 1. The highest BCUT2D eigenvalue weighted by Crippen LogP contribution is 2.10. The monoisotopic (exact) mass is 160 g/mol. The number of amides is 1. The number of imidazole rings is 1. The Morgan fingerprint density at radius 2 is 2.33 bits per heavy atom. The lowest BCUT2D eigenvalue weighted by Crippen LogP contribution is -1.97. The first-order chi connectivity index (χ1) is 5.77. The Balaban J connectivity index is 2.68. The fourth-order valence-corrected chi connectivity index (χ4v) is 1.07. The molecule has 2 rings (SSSR count). The van der Waals surface area contributed by atoms with Crippen LogP contribution >= 0.6 is 0 Å². The summed E-state index contributed by atoms with van der Waals surface area (Å²) in [7, 11) is 0. The van der Waals surface area contributed by atoms with Gasteiger partial charge in [-0.15, -0.1) is 0 Å². The first-order valence-electron chi connectivity index (χ1n) is 3.46. The summed E-state index contributed by atoms with van der Waals surface area (Å²) in [6, 6.07) is 4.95. The molecule has 4 nitrogen and oxygen atoms in total. The number of fused-ring (bicyclic) bond motifs is 1. The van der Waals surface area contributed by atoms with E-state index in [0.717, 1.165) is 5.52 Å². The van der Waals surface area contributed by atoms with Gasteiger partial charge in [-0.05, 0) is 18.2 Å². The fraction of sp³-hybridized carbons (Fsp3) is 0. The van der Waals surface area contributed by atoms with E-state index in [1.807, 2.05) is 0 Å². The molecular formula is C8H6N3O. The van der Waals surface area contributed by atoms with Crippen LogP contribution in [0.5, 0.6) is 0 Å². The van der Waals surface area contributed by atoms with Gasteiger partial charge in [0.05, 0.1) is 17.4 Å². The third kappa shape index (κ3) is 0.934. The van der Waals surface area contributed by atoms with Gasteiger partial charge in [0.15, 0.2) is 0 Å². The maximum absolute atomic E-state index is 10.6. The van der Waals surface area contributed by atoms with E-state index >= 15 is 0 Å². The average molecular weight is 160 g/mol. The number of H-pyrrole nitrogens is 1. The number of carbonyl (C=O) groups excluding carboxylic acids is 1. The van der Waals surface area contributed by atoms with Crippen LogP contribution in [-0.2, 0) is 0 Å². The summed E-state index contributed by atoms with van der Waals surface area (Å²) < 4.78 is 0. The van der Waals surface area contributed by atoms with E-state index in [1.165, 1.54) is 0 Å². The van der Waals surface area contributed by atoms with Crippen LogP contribution in [0.25, 0.3) is 11.0 Å². The number of benzene rings is 1. The Labute approximate surface area is 68.4 Å². The van der Waals surface area contributed by atoms with Crippen LogP contribution in [-0.4, -0.2) is 15.9 Å². The van der Waals surface area contributed by atoms with Gasteiger partial charge in [0.1, 0.15) is 0 Å². The molecule has 0 saturated heterocycles. The molecule has 1 radical (unpaired) electrons. The highest BCUT2D eigenvalue weighted by molar-refractivity contribution is 5.95. The Morgan fingerprint density at radius 1 is 1.50 bits per heavy atom. The molecule has 2 N–H and O–H groups in total. The first-order valence-corrected chi connectivity index (χ1v) is 3.46. The number of hydrogen-bond acceptors (Lipinski definition) is 2. The molecule has 59 valence electrons. The summed E-state index contributed by atoms with van der Waals surface area (Å²) in [6.07, 6.45) is 1.56. The van der Waals surface area contributed by atoms with Gasteiger partial charge in [0.25, 0.3) is 5.91 Å². The topological polar surface area (TPSA) is 69.6 Å². The predicted octanol–water partition coefficient (Wildman–Crippen LogP) is 0.986. The standard InChI is InChI=1S/C8H6N3O/c9-8(12)5-1-2-6-7(3-5)11-4-10-6/h1-4,9H,(H,10,11). The largest absolute Gasteiger partial charge is 0.345 e. The molecule has 0 saturated carbocycles. The summed E-state index contributed by atoms with van der Waals surface area (Å²) >= 11 is 0. The van der Waals surface area contributed by atoms with Crippen LogP contribution in [0.1, 0.15) is 10.4 Å². The molecule has 0 fully saturated rings. The van der Waals surface area contributed by atoms with Gasteiger partial charge in [-0.1, -0.05) is 0 Å². The van der Waals surface area contributed by atoms with E-state index in [-0.39, 0.29) is 0 Å². The zero-order valence-electron chi connectivity index (χ0n) is 6.16. The number of aromatic nitrogens is 2. The molecule has 1 aromatic carbocycles. The van der Waals surface area contributed by atoms with E-state index < -0.39 is 5.91 Å². The highest BCUT2D eigenvalue weighted by atomic mass is 16.1. The smallest absolute Gasteiger partial charge is 0.269 e. The second-order valence-electron chi connectivity index (χ2n) is 2.46. The van der Waals surface area contributed by atoms with Gasteiger partial charge in [-0.25, -0.2) is 4.98 Å². The molecule has 0 atom stereocenters. The molecule has 1 amide bonds. The van der Waals surface area contributed by atoms with Crippen LogP contribution in [0.2, 0.25) is 0 Å². The van der Waals surface area contributed by atoms with Crippen molar-refractivity contribution < 1.29 is 4.79 Å². The minimum atomic E-state index is -0.681. The van der Waals surface area contributed by atoms with Crippen molar-refractivity contribution in [1.29, 1.82) is 0 Å². The molecule has 12 heavy (non-hydrogen) atoms. The third-order valence-electron chi connectivity index (χ3n) is 1.68. The summed E-state index contributed by atoms with van der Waals surface area (Å²) in [5, 5.41) is 0. The van der Waals surface area contributed by atoms with Gasteiger partial charge in [0.2, 0.25) is 0 Å². The lowest BCUT2D eigenvalue weighted by atomic mass is 10.2. The van der Waals surface area contributed by atoms with Crippen molar-refractivity contribution in [3.8, 4) is 0 Å². The van der Waals surface area contributed by atoms with Crippen molar-refractivity contribution >= 4 is 16.9 Å². The van der Waals surface area contributed by atoms with Gasteiger partial charge < -0.3 is 4.98 Å². The molecule has 0 aliphatic rings. The van der Waals surface area contributed by atoms with Crippen molar-refractivity contribution in [2.75, 3.05) is 0 Å². The number of hydrogen-bond donors (Lipinski definition) is 1. The van der Waals surface area contributed by atoms with Gasteiger partial charge in [-0.3, -0.25) is 10.5 Å². The van der Waals surface area contributed by atoms with Crippen molar-refractivity contribution in [1.82, 2.24) is 15.7 Å². The maximum atomic E-state index is 10.6. The van der Waals surface area contributed by atoms with E-state index in [4.69, 9.17) is 5.73 Å². The van der Waals surface area contributed by atoms with Crippen LogP contribution in [0, 0.1) is 0 Å². The van der Waals surface area contributed by atoms with E-state index in [1.54, 1.807) is 24.5 Å². The normalized spacial score (nSPS) is 10.3. The number of rotatable bonds is 1. The minimum absolute atomic E-state index is 0.370. The van der Waals surface area contributed by atoms with Crippen molar-refractivity contribution in [3.63, 3.8) is 0 Å². The molecule has 0 unspecified atom stereocenters. The predicted molar refractivity (Wildman–Crippen MR) is 43.5 cm³/mol. The molecule has 0 aliphatic heterocycles. The third-order valence-corrected chi connectivity index (χ3v) is 1.68. The van der Waals surface area contributed by atoms with Crippen LogP contribution < -0.4 is 5.73 Å². The molecular weight excluding hydrogens is 154 g/mol. The van der Waals surface area contributed by atoms with Crippen LogP contribution in [0.4, 0.5) is 0 Å². The summed E-state index contributed by atoms with van der Waals surface area (Å²) in [6.45, 7) is 0. The van der Waals surface area contributed by atoms with Gasteiger partial charge >= 0.3 is 0 Å². The summed E-state index contributed by atoms with van der Waals surface area (Å²) in [4.78, 5) is 17.5. The Hall–Kier alpha value is -1.84. The molecule has 2 aromatic rings. The highest BCUT2D eigenvalue weighted by Gasteiger charge is 2.02. The lowest BCUT2D eigenvalue weighted by Gasteiger charge is -1.92. The Morgan fingerprint density at radius 3 is 3.08 bits per heavy atom. The SMILES string of the molecule is [NH]C(=O)c1ccc2[nH]cnc2c1. The van der Waals surface area contributed by atoms with Crippen molar-refractivity contribution in [2.45, 2.75) is 0 Å². The lowest BCUT2D eigenvalue weighted by molar-refractivity contribution is 0.0992. The molecule has 0 aliphatic carbocycles. The molecule has 4 heteroatoms. The second kappa shape index (κ2) is 2.34. The quantitative estimate of drug-likeness (QED) is 0.675. The summed E-state index contributed by atoms with van der Waals surface area (Å²) in [5.41, 5.74) is 8.83. The van der Waals surface area contributed by atoms with Gasteiger partial charge in [0, 0.05) is 5.56 Å². The van der Waals surface area contributed by atoms with E-state index in [0.29, 0.717) is 11.1 Å². The number of aromatic amines is 1. The molecule has 1 heterocycles.